The van der Waals surface area contributed by atoms with Crippen LogP contribution in [-0.4, -0.2) is 0 Å². The molecule has 0 nitrogen and oxygen atoms in total. The highest BCUT2D eigenvalue weighted by Crippen LogP contribution is 2.33. The van der Waals surface area contributed by atoms with Crippen molar-refractivity contribution in [2.24, 2.45) is 0 Å². The third kappa shape index (κ3) is 7.06. The molecular weight excluding hydrogens is 589 g/mol. The first-order valence-electron chi connectivity index (χ1n) is 17.3. The summed E-state index contributed by atoms with van der Waals surface area (Å²) in [5.41, 5.74) is 13.9. The molecule has 0 amide bonds. The van der Waals surface area contributed by atoms with E-state index in [4.69, 9.17) is 0 Å². The van der Waals surface area contributed by atoms with Crippen LogP contribution in [-0.2, 0) is 0 Å². The van der Waals surface area contributed by atoms with Crippen molar-refractivity contribution in [1.29, 1.82) is 0 Å². The second kappa shape index (κ2) is 14.8. The van der Waals surface area contributed by atoms with Crippen molar-refractivity contribution in [3.05, 3.63) is 178 Å². The Morgan fingerprint density at radius 1 is 0.449 bits per heavy atom. The zero-order valence-corrected chi connectivity index (χ0v) is 29.9. The summed E-state index contributed by atoms with van der Waals surface area (Å²) in [6.45, 7) is 15.2. The van der Waals surface area contributed by atoms with Crippen molar-refractivity contribution < 1.29 is 0 Å². The van der Waals surface area contributed by atoms with E-state index in [1.54, 1.807) is 0 Å². The van der Waals surface area contributed by atoms with E-state index in [1.807, 2.05) is 0 Å². The Hall–Kier alpha value is -5.46. The smallest absolute Gasteiger partial charge is 0.00296 e. The number of hydrogen-bond acceptors (Lipinski definition) is 0. The molecule has 6 aromatic carbocycles. The maximum absolute atomic E-state index is 2.35. The van der Waals surface area contributed by atoms with Gasteiger partial charge in [0.1, 0.15) is 0 Å². The molecule has 49 heavy (non-hydrogen) atoms. The van der Waals surface area contributed by atoms with Crippen molar-refractivity contribution in [3.8, 4) is 22.3 Å². The van der Waals surface area contributed by atoms with Gasteiger partial charge < -0.3 is 0 Å². The van der Waals surface area contributed by atoms with Gasteiger partial charge >= 0.3 is 0 Å². The maximum Gasteiger partial charge on any atom is -0.00296 e. The molecule has 0 fully saturated rings. The summed E-state index contributed by atoms with van der Waals surface area (Å²) < 4.78 is 0. The van der Waals surface area contributed by atoms with Crippen LogP contribution in [0.15, 0.2) is 151 Å². The van der Waals surface area contributed by atoms with Gasteiger partial charge in [0, 0.05) is 0 Å². The SMILES string of the molecule is C/C=c1/c(-c2ccc(/C(C)=C/C=C(C)/C(C)=C/C=C(\C)c3ccccc3)cc2)c2ccccc2c(-c2ccc3cc(C)ccc3c2)/c1=C/C. The highest BCUT2D eigenvalue weighted by Gasteiger charge is 2.15. The Kier molecular flexibility index (Phi) is 10.1. The van der Waals surface area contributed by atoms with Crippen LogP contribution in [0.4, 0.5) is 0 Å². The summed E-state index contributed by atoms with van der Waals surface area (Å²) >= 11 is 0. The van der Waals surface area contributed by atoms with E-state index in [0.29, 0.717) is 0 Å². The van der Waals surface area contributed by atoms with E-state index in [0.717, 1.165) is 0 Å². The Labute approximate surface area is 292 Å². The Balaban J connectivity index is 1.36. The Morgan fingerprint density at radius 2 is 0.918 bits per heavy atom. The summed E-state index contributed by atoms with van der Waals surface area (Å²) in [7, 11) is 0. The van der Waals surface area contributed by atoms with E-state index >= 15 is 0 Å². The number of benzene rings is 6. The second-order valence-electron chi connectivity index (χ2n) is 13.1. The molecule has 6 aromatic rings. The predicted octanol–water partition coefficient (Wildman–Crippen LogP) is 12.6. The van der Waals surface area contributed by atoms with Gasteiger partial charge in [-0.1, -0.05) is 151 Å². The summed E-state index contributed by atoms with van der Waals surface area (Å²) in [5.74, 6) is 0. The zero-order valence-electron chi connectivity index (χ0n) is 29.9. The molecule has 0 radical (unpaired) electrons. The van der Waals surface area contributed by atoms with E-state index in [1.165, 1.54) is 93.2 Å². The van der Waals surface area contributed by atoms with Crippen LogP contribution in [0, 0.1) is 6.92 Å². The molecule has 242 valence electrons. The minimum absolute atomic E-state index is 1.23. The number of hydrogen-bond donors (Lipinski definition) is 0. The molecule has 0 aliphatic carbocycles. The fourth-order valence-corrected chi connectivity index (χ4v) is 6.78. The molecule has 0 saturated heterocycles. The van der Waals surface area contributed by atoms with Crippen LogP contribution >= 0.6 is 0 Å². The first-order chi connectivity index (χ1) is 23.8. The Bertz CT molecular complexity index is 2410. The van der Waals surface area contributed by atoms with E-state index in [-0.39, 0.29) is 0 Å². The molecule has 6 rings (SSSR count). The lowest BCUT2D eigenvalue weighted by molar-refractivity contribution is 1.34. The van der Waals surface area contributed by atoms with Gasteiger partial charge in [-0.05, 0) is 142 Å². The number of rotatable bonds is 7. The van der Waals surface area contributed by atoms with Crippen molar-refractivity contribution in [1.82, 2.24) is 0 Å². The summed E-state index contributed by atoms with van der Waals surface area (Å²) in [6, 6.07) is 42.2. The maximum atomic E-state index is 2.35. The number of allylic oxidation sites excluding steroid dienone is 8. The average Bonchev–Trinajstić information content (AvgIpc) is 3.14. The molecular formula is C49H46. The molecule has 0 unspecified atom stereocenters. The quantitative estimate of drug-likeness (QED) is 0.153. The minimum Gasteiger partial charge on any atom is -0.0791 e. The van der Waals surface area contributed by atoms with E-state index in [9.17, 15) is 0 Å². The molecule has 0 aliphatic rings. The predicted molar refractivity (Wildman–Crippen MR) is 218 cm³/mol. The van der Waals surface area contributed by atoms with E-state index in [2.05, 4.69) is 200 Å². The van der Waals surface area contributed by atoms with Crippen LogP contribution in [0.3, 0.4) is 0 Å². The van der Waals surface area contributed by atoms with Gasteiger partial charge in [-0.25, -0.2) is 0 Å². The fraction of sp³-hybridized carbons (Fsp3) is 0.143. The molecule has 0 N–H and O–H groups in total. The standard InChI is InChI=1S/C49H46/c1-8-44-45(9-2)49(43-30-29-41-31-33(3)19-24-42(41)32-43)47-18-14-13-17-46(47)48(44)40-27-25-39(26-28-40)37(7)23-21-35(5)34(4)20-22-36(6)38-15-11-10-12-16-38/h8-32H,1-7H3/b34-20+,35-21+,36-22+,37-23+,44-8+,45-9+. The first kappa shape index (κ1) is 33.4. The monoisotopic (exact) mass is 634 g/mol. The van der Waals surface area contributed by atoms with Gasteiger partial charge in [0.2, 0.25) is 0 Å². The van der Waals surface area contributed by atoms with Gasteiger partial charge in [-0.15, -0.1) is 0 Å². The normalized spacial score (nSPS) is 13.9. The molecule has 0 heterocycles. The minimum atomic E-state index is 1.23. The van der Waals surface area contributed by atoms with Crippen molar-refractivity contribution in [2.75, 3.05) is 0 Å². The second-order valence-corrected chi connectivity index (χ2v) is 13.1. The Morgan fingerprint density at radius 3 is 1.49 bits per heavy atom. The third-order valence-electron chi connectivity index (χ3n) is 9.80. The lowest BCUT2D eigenvalue weighted by atomic mass is 9.87. The third-order valence-corrected chi connectivity index (χ3v) is 9.80. The topological polar surface area (TPSA) is 0 Å². The zero-order chi connectivity index (χ0) is 34.5. The van der Waals surface area contributed by atoms with Crippen LogP contribution < -0.4 is 10.4 Å². The van der Waals surface area contributed by atoms with Crippen LogP contribution in [0.2, 0.25) is 0 Å². The lowest BCUT2D eigenvalue weighted by Gasteiger charge is -2.16. The molecule has 0 bridgehead atoms. The van der Waals surface area contributed by atoms with Crippen molar-refractivity contribution >= 4 is 44.8 Å². The number of aryl methyl sites for hydroxylation is 1. The van der Waals surface area contributed by atoms with Crippen molar-refractivity contribution in [3.63, 3.8) is 0 Å². The first-order valence-corrected chi connectivity index (χ1v) is 17.3. The molecule has 0 spiro atoms. The van der Waals surface area contributed by atoms with E-state index < -0.39 is 0 Å². The summed E-state index contributed by atoms with van der Waals surface area (Å²) in [6.07, 6.45) is 13.5. The molecule has 0 aliphatic heterocycles. The number of fused-ring (bicyclic) bond motifs is 2. The molecule has 0 aromatic heterocycles. The highest BCUT2D eigenvalue weighted by molar-refractivity contribution is 6.06. The van der Waals surface area contributed by atoms with Crippen LogP contribution in [0.1, 0.15) is 58.2 Å². The van der Waals surface area contributed by atoms with Crippen molar-refractivity contribution in [2.45, 2.75) is 48.5 Å². The van der Waals surface area contributed by atoms with Gasteiger partial charge in [-0.2, -0.15) is 0 Å². The van der Waals surface area contributed by atoms with Gasteiger partial charge in [0.15, 0.2) is 0 Å². The van der Waals surface area contributed by atoms with Gasteiger partial charge in [0.05, 0.1) is 0 Å². The average molecular weight is 635 g/mol. The summed E-state index contributed by atoms with van der Waals surface area (Å²) in [4.78, 5) is 0. The fourth-order valence-electron chi connectivity index (χ4n) is 6.78. The summed E-state index contributed by atoms with van der Waals surface area (Å²) in [5, 5.41) is 7.66. The largest absolute Gasteiger partial charge is 0.0791 e. The molecule has 0 heteroatoms. The molecule has 0 saturated carbocycles. The van der Waals surface area contributed by atoms with Crippen LogP contribution in [0.25, 0.3) is 67.1 Å². The van der Waals surface area contributed by atoms with Gasteiger partial charge in [0.25, 0.3) is 0 Å². The lowest BCUT2D eigenvalue weighted by Crippen LogP contribution is -2.29. The van der Waals surface area contributed by atoms with Gasteiger partial charge in [-0.3, -0.25) is 0 Å². The molecule has 0 atom stereocenters. The van der Waals surface area contributed by atoms with Crippen LogP contribution in [0.5, 0.6) is 0 Å². The highest BCUT2D eigenvalue weighted by atomic mass is 14.2.